The predicted octanol–water partition coefficient (Wildman–Crippen LogP) is 5.98. The number of aliphatic imine (C=N–C) groups is 1. The number of nitrogens with one attached hydrogen (secondary N) is 1. The first-order valence-electron chi connectivity index (χ1n) is 10.7. The summed E-state index contributed by atoms with van der Waals surface area (Å²) in [6, 6.07) is 25.2. The third kappa shape index (κ3) is 3.99. The Hall–Kier alpha value is -3.97. The zero-order valence-electron chi connectivity index (χ0n) is 18.3. The van der Waals surface area contributed by atoms with E-state index in [1.807, 2.05) is 92.7 Å². The average Bonchev–Trinajstić information content (AvgIpc) is 3.42. The summed E-state index contributed by atoms with van der Waals surface area (Å²) in [6.45, 7) is 4.32. The van der Waals surface area contributed by atoms with E-state index in [4.69, 9.17) is 9.73 Å². The van der Waals surface area contributed by atoms with Crippen molar-refractivity contribution in [3.8, 4) is 22.1 Å². The van der Waals surface area contributed by atoms with Crippen molar-refractivity contribution >= 4 is 33.0 Å². The van der Waals surface area contributed by atoms with Crippen molar-refractivity contribution in [2.24, 2.45) is 4.99 Å². The molecule has 5 aromatic rings. The van der Waals surface area contributed by atoms with E-state index in [0.717, 1.165) is 15.8 Å². The molecule has 33 heavy (non-hydrogen) atoms. The molecule has 7 heteroatoms. The van der Waals surface area contributed by atoms with Crippen molar-refractivity contribution in [3.63, 3.8) is 0 Å². The van der Waals surface area contributed by atoms with Gasteiger partial charge in [0.2, 0.25) is 5.13 Å². The summed E-state index contributed by atoms with van der Waals surface area (Å²) < 4.78 is 8.25. The van der Waals surface area contributed by atoms with Crippen LogP contribution >= 0.6 is 11.3 Å². The fourth-order valence-electron chi connectivity index (χ4n) is 3.74. The number of H-pyrrole nitrogens is 1. The minimum Gasteiger partial charge on any atom is -0.492 e. The van der Waals surface area contributed by atoms with Crippen LogP contribution in [0.4, 0.5) is 5.69 Å². The Kier molecular flexibility index (Phi) is 5.62. The SMILES string of the molecule is CCOc1ccccc1N=C(C)c1c(-c2ccccc2)[nH]n(-c2nc3ccccc3s2)c1=O. The van der Waals surface area contributed by atoms with E-state index in [2.05, 4.69) is 10.1 Å². The number of hydrogen-bond donors (Lipinski definition) is 1. The van der Waals surface area contributed by atoms with Gasteiger partial charge in [0.1, 0.15) is 11.4 Å². The molecule has 0 radical (unpaired) electrons. The van der Waals surface area contributed by atoms with Gasteiger partial charge < -0.3 is 4.74 Å². The quantitative estimate of drug-likeness (QED) is 0.321. The van der Waals surface area contributed by atoms with Crippen LogP contribution in [0.25, 0.3) is 26.6 Å². The fraction of sp³-hybridized carbons (Fsp3) is 0.115. The zero-order chi connectivity index (χ0) is 22.8. The van der Waals surface area contributed by atoms with Crippen LogP contribution in [0.1, 0.15) is 19.4 Å². The van der Waals surface area contributed by atoms with Crippen LogP contribution in [0.15, 0.2) is 88.6 Å². The van der Waals surface area contributed by atoms with Crippen molar-refractivity contribution in [2.45, 2.75) is 13.8 Å². The van der Waals surface area contributed by atoms with E-state index in [1.165, 1.54) is 16.0 Å². The van der Waals surface area contributed by atoms with Gasteiger partial charge in [-0.05, 0) is 38.1 Å². The van der Waals surface area contributed by atoms with Crippen LogP contribution in [-0.2, 0) is 0 Å². The number of rotatable bonds is 6. The van der Waals surface area contributed by atoms with Crippen molar-refractivity contribution in [2.75, 3.05) is 6.61 Å². The first kappa shape index (κ1) is 20.9. The van der Waals surface area contributed by atoms with Gasteiger partial charge in [0.05, 0.1) is 33.8 Å². The van der Waals surface area contributed by atoms with Crippen molar-refractivity contribution in [3.05, 3.63) is 94.8 Å². The Bertz CT molecular complexity index is 1480. The summed E-state index contributed by atoms with van der Waals surface area (Å²) in [6.07, 6.45) is 0. The fourth-order valence-corrected chi connectivity index (χ4v) is 4.67. The van der Waals surface area contributed by atoms with E-state index in [9.17, 15) is 4.79 Å². The summed E-state index contributed by atoms with van der Waals surface area (Å²) in [5.41, 5.74) is 4.06. The molecule has 3 aromatic carbocycles. The van der Waals surface area contributed by atoms with Crippen molar-refractivity contribution in [1.82, 2.24) is 14.8 Å². The number of ether oxygens (including phenoxy) is 1. The predicted molar refractivity (Wildman–Crippen MR) is 134 cm³/mol. The van der Waals surface area contributed by atoms with Crippen LogP contribution < -0.4 is 10.3 Å². The first-order valence-corrected chi connectivity index (χ1v) is 11.5. The maximum absolute atomic E-state index is 13.7. The minimum absolute atomic E-state index is 0.192. The maximum atomic E-state index is 13.7. The van der Waals surface area contributed by atoms with Crippen LogP contribution in [0, 0.1) is 0 Å². The van der Waals surface area contributed by atoms with Gasteiger partial charge in [0, 0.05) is 5.56 Å². The Morgan fingerprint density at radius 2 is 1.76 bits per heavy atom. The molecule has 6 nitrogen and oxygen atoms in total. The van der Waals surface area contributed by atoms with E-state index in [0.29, 0.717) is 40.1 Å². The molecule has 0 aliphatic heterocycles. The van der Waals surface area contributed by atoms with Crippen LogP contribution in [0.5, 0.6) is 5.75 Å². The second-order valence-corrected chi connectivity index (χ2v) is 8.44. The monoisotopic (exact) mass is 454 g/mol. The molecule has 0 atom stereocenters. The normalized spacial score (nSPS) is 11.8. The largest absolute Gasteiger partial charge is 0.492 e. The lowest BCUT2D eigenvalue weighted by Crippen LogP contribution is -2.19. The average molecular weight is 455 g/mol. The third-order valence-electron chi connectivity index (χ3n) is 5.24. The zero-order valence-corrected chi connectivity index (χ0v) is 19.1. The van der Waals surface area contributed by atoms with E-state index in [-0.39, 0.29) is 5.56 Å². The molecule has 0 aliphatic carbocycles. The summed E-state index contributed by atoms with van der Waals surface area (Å²) in [7, 11) is 0. The molecule has 0 fully saturated rings. The van der Waals surface area contributed by atoms with Gasteiger partial charge in [-0.1, -0.05) is 65.9 Å². The molecule has 0 saturated heterocycles. The first-order chi connectivity index (χ1) is 16.2. The van der Waals surface area contributed by atoms with Crippen LogP contribution in [-0.4, -0.2) is 27.1 Å². The van der Waals surface area contributed by atoms with Crippen LogP contribution in [0.3, 0.4) is 0 Å². The summed E-state index contributed by atoms with van der Waals surface area (Å²) in [4.78, 5) is 23.1. The number of aromatic amines is 1. The topological polar surface area (TPSA) is 72.3 Å². The maximum Gasteiger partial charge on any atom is 0.283 e. The van der Waals surface area contributed by atoms with Gasteiger partial charge in [0.15, 0.2) is 0 Å². The number of fused-ring (bicyclic) bond motifs is 1. The number of para-hydroxylation sites is 3. The third-order valence-corrected chi connectivity index (χ3v) is 6.26. The molecule has 5 rings (SSSR count). The highest BCUT2D eigenvalue weighted by Crippen LogP contribution is 2.30. The lowest BCUT2D eigenvalue weighted by Gasteiger charge is -2.07. The smallest absolute Gasteiger partial charge is 0.283 e. The molecular formula is C26H22N4O2S. The number of benzene rings is 3. The van der Waals surface area contributed by atoms with Gasteiger partial charge in [0.25, 0.3) is 5.56 Å². The van der Waals surface area contributed by atoms with E-state index >= 15 is 0 Å². The van der Waals surface area contributed by atoms with Gasteiger partial charge in [-0.2, -0.15) is 4.68 Å². The number of thiazole rings is 1. The van der Waals surface area contributed by atoms with E-state index < -0.39 is 0 Å². The van der Waals surface area contributed by atoms with E-state index in [1.54, 1.807) is 0 Å². The number of hydrogen-bond acceptors (Lipinski definition) is 5. The molecule has 0 spiro atoms. The second kappa shape index (κ2) is 8.88. The van der Waals surface area contributed by atoms with Crippen molar-refractivity contribution in [1.29, 1.82) is 0 Å². The van der Waals surface area contributed by atoms with Gasteiger partial charge >= 0.3 is 0 Å². The molecule has 0 unspecified atom stereocenters. The molecule has 2 aromatic heterocycles. The minimum atomic E-state index is -0.192. The molecule has 0 amide bonds. The molecule has 0 saturated carbocycles. The summed E-state index contributed by atoms with van der Waals surface area (Å²) in [5, 5.41) is 3.88. The molecule has 0 bridgehead atoms. The van der Waals surface area contributed by atoms with Crippen molar-refractivity contribution < 1.29 is 4.74 Å². The summed E-state index contributed by atoms with van der Waals surface area (Å²) in [5.74, 6) is 0.683. The highest BCUT2D eigenvalue weighted by atomic mass is 32.1. The van der Waals surface area contributed by atoms with Gasteiger partial charge in [-0.15, -0.1) is 0 Å². The standard InChI is InChI=1S/C26H22N4O2S/c1-3-32-21-15-9-7-13-19(21)27-17(2)23-24(18-11-5-4-6-12-18)29-30(25(23)31)26-28-20-14-8-10-16-22(20)33-26/h4-16,29H,3H2,1-2H3. The highest BCUT2D eigenvalue weighted by Gasteiger charge is 2.21. The highest BCUT2D eigenvalue weighted by molar-refractivity contribution is 7.20. The molecular weight excluding hydrogens is 432 g/mol. The molecule has 2 heterocycles. The van der Waals surface area contributed by atoms with Crippen LogP contribution in [0.2, 0.25) is 0 Å². The second-order valence-electron chi connectivity index (χ2n) is 7.43. The lowest BCUT2D eigenvalue weighted by atomic mass is 10.1. The number of aromatic nitrogens is 3. The molecule has 1 N–H and O–H groups in total. The lowest BCUT2D eigenvalue weighted by molar-refractivity contribution is 0.341. The molecule has 164 valence electrons. The van der Waals surface area contributed by atoms with Gasteiger partial charge in [-0.25, -0.2) is 9.98 Å². The Morgan fingerprint density at radius 1 is 1.03 bits per heavy atom. The Morgan fingerprint density at radius 3 is 2.55 bits per heavy atom. The Balaban J connectivity index is 1.70. The van der Waals surface area contributed by atoms with Gasteiger partial charge in [-0.3, -0.25) is 9.89 Å². The number of nitrogens with zero attached hydrogens (tertiary/aromatic N) is 3. The Labute approximate surface area is 194 Å². The summed E-state index contributed by atoms with van der Waals surface area (Å²) >= 11 is 1.47. The molecule has 0 aliphatic rings.